The molecule has 1 saturated heterocycles. The Kier molecular flexibility index (Phi) is 8.26. The first kappa shape index (κ1) is 21.0. The fourth-order valence-electron chi connectivity index (χ4n) is 2.01. The summed E-state index contributed by atoms with van der Waals surface area (Å²) in [5.74, 6) is -1.68. The van der Waals surface area contributed by atoms with Crippen molar-refractivity contribution in [3.8, 4) is 0 Å². The number of nitrogens with zero attached hydrogens (tertiary/aromatic N) is 2. The molecular weight excluding hydrogens is 457 g/mol. The van der Waals surface area contributed by atoms with Crippen LogP contribution in [0.4, 0.5) is 8.78 Å². The average Bonchev–Trinajstić information content (AvgIpc) is 2.52. The van der Waals surface area contributed by atoms with Crippen LogP contribution in [0.5, 0.6) is 0 Å². The second-order valence-electron chi connectivity index (χ2n) is 4.81. The Morgan fingerprint density at radius 1 is 1.33 bits per heavy atom. The van der Waals surface area contributed by atoms with Gasteiger partial charge in [0.15, 0.2) is 5.96 Å². The van der Waals surface area contributed by atoms with Crippen molar-refractivity contribution in [2.75, 3.05) is 39.4 Å². The second-order valence-corrected chi connectivity index (χ2v) is 6.55. The Balaban J connectivity index is 0.00000288. The molecule has 2 rings (SSSR count). The highest BCUT2D eigenvalue weighted by Crippen LogP contribution is 2.14. The fraction of sp³-hybridized carbons (Fsp3) is 0.462. The number of hydrogen-bond donors (Lipinski definition) is 2. The molecule has 1 aliphatic heterocycles. The van der Waals surface area contributed by atoms with Crippen LogP contribution in [-0.2, 0) is 14.8 Å². The van der Waals surface area contributed by atoms with Crippen LogP contribution in [0.3, 0.4) is 0 Å². The number of hydrogen-bond acceptors (Lipinski definition) is 4. The van der Waals surface area contributed by atoms with Gasteiger partial charge in [0.2, 0.25) is 10.0 Å². The van der Waals surface area contributed by atoms with E-state index < -0.39 is 26.6 Å². The van der Waals surface area contributed by atoms with Crippen LogP contribution in [0.15, 0.2) is 28.1 Å². The predicted molar refractivity (Wildman–Crippen MR) is 95.8 cm³/mol. The summed E-state index contributed by atoms with van der Waals surface area (Å²) in [7, 11) is -4.07. The lowest BCUT2D eigenvalue weighted by molar-refractivity contribution is 0.0674. The van der Waals surface area contributed by atoms with E-state index in [1.165, 1.54) is 0 Å². The first-order valence-electron chi connectivity index (χ1n) is 6.97. The lowest BCUT2D eigenvalue weighted by Crippen LogP contribution is -2.45. The smallest absolute Gasteiger partial charge is 0.243 e. The summed E-state index contributed by atoms with van der Waals surface area (Å²) in [6, 6.07) is 2.27. The van der Waals surface area contributed by atoms with Crippen LogP contribution < -0.4 is 10.5 Å². The third-order valence-electron chi connectivity index (χ3n) is 3.20. The van der Waals surface area contributed by atoms with Crippen LogP contribution >= 0.6 is 24.0 Å². The van der Waals surface area contributed by atoms with Crippen molar-refractivity contribution in [3.63, 3.8) is 0 Å². The molecule has 1 heterocycles. The van der Waals surface area contributed by atoms with Crippen molar-refractivity contribution >= 4 is 40.0 Å². The molecule has 1 fully saturated rings. The minimum atomic E-state index is -4.07. The number of nitrogens with two attached hydrogens (primary N) is 1. The summed E-state index contributed by atoms with van der Waals surface area (Å²) < 4.78 is 57.5. The van der Waals surface area contributed by atoms with Crippen molar-refractivity contribution in [1.82, 2.24) is 9.62 Å². The first-order valence-corrected chi connectivity index (χ1v) is 8.46. The summed E-state index contributed by atoms with van der Waals surface area (Å²) in [6.45, 7) is 2.43. The van der Waals surface area contributed by atoms with E-state index in [-0.39, 0.29) is 37.1 Å². The topological polar surface area (TPSA) is 97.0 Å². The molecule has 136 valence electrons. The van der Waals surface area contributed by atoms with Gasteiger partial charge in [-0.15, -0.1) is 24.0 Å². The number of sulfonamides is 1. The number of aliphatic imine (C=N–C) groups is 1. The number of rotatable bonds is 5. The Morgan fingerprint density at radius 3 is 2.62 bits per heavy atom. The molecule has 1 aromatic carbocycles. The van der Waals surface area contributed by atoms with Gasteiger partial charge < -0.3 is 15.4 Å². The van der Waals surface area contributed by atoms with Gasteiger partial charge in [0.1, 0.15) is 16.5 Å². The number of halogens is 3. The van der Waals surface area contributed by atoms with Gasteiger partial charge in [0, 0.05) is 25.7 Å². The number of benzene rings is 1. The molecule has 0 spiro atoms. The number of morpholine rings is 1. The maximum atomic E-state index is 13.5. The third kappa shape index (κ3) is 5.79. The largest absolute Gasteiger partial charge is 0.378 e. The van der Waals surface area contributed by atoms with Gasteiger partial charge in [0.05, 0.1) is 19.8 Å². The van der Waals surface area contributed by atoms with Crippen LogP contribution in [0.1, 0.15) is 0 Å². The minimum Gasteiger partial charge on any atom is -0.378 e. The highest BCUT2D eigenvalue weighted by molar-refractivity contribution is 14.0. The number of nitrogens with one attached hydrogen (secondary N) is 1. The predicted octanol–water partition coefficient (Wildman–Crippen LogP) is 0.508. The Labute approximate surface area is 156 Å². The molecule has 0 saturated carbocycles. The van der Waals surface area contributed by atoms with E-state index in [0.29, 0.717) is 38.3 Å². The van der Waals surface area contributed by atoms with E-state index in [1.54, 1.807) is 0 Å². The van der Waals surface area contributed by atoms with E-state index in [0.717, 1.165) is 12.1 Å². The van der Waals surface area contributed by atoms with Crippen molar-refractivity contribution in [2.24, 2.45) is 10.7 Å². The van der Waals surface area contributed by atoms with E-state index in [2.05, 4.69) is 9.71 Å². The molecule has 11 heteroatoms. The lowest BCUT2D eigenvalue weighted by atomic mass is 10.3. The monoisotopic (exact) mass is 476 g/mol. The maximum Gasteiger partial charge on any atom is 0.243 e. The first-order chi connectivity index (χ1) is 10.9. The highest BCUT2D eigenvalue weighted by atomic mass is 127. The number of ether oxygens (including phenoxy) is 1. The Hall–Kier alpha value is -1.05. The summed E-state index contributed by atoms with van der Waals surface area (Å²) in [6.07, 6.45) is 0. The normalized spacial score (nSPS) is 15.9. The third-order valence-corrected chi connectivity index (χ3v) is 4.69. The van der Waals surface area contributed by atoms with E-state index in [4.69, 9.17) is 10.5 Å². The molecule has 1 aliphatic rings. The van der Waals surface area contributed by atoms with Crippen LogP contribution in [0.2, 0.25) is 0 Å². The van der Waals surface area contributed by atoms with Crippen LogP contribution in [0, 0.1) is 11.6 Å². The summed E-state index contributed by atoms with van der Waals surface area (Å²) >= 11 is 0. The maximum absolute atomic E-state index is 13.5. The Morgan fingerprint density at radius 2 is 2.00 bits per heavy atom. The lowest BCUT2D eigenvalue weighted by Gasteiger charge is -2.27. The molecule has 24 heavy (non-hydrogen) atoms. The molecular formula is C13H19F2IN4O3S. The zero-order chi connectivity index (χ0) is 16.9. The highest BCUT2D eigenvalue weighted by Gasteiger charge is 2.19. The van der Waals surface area contributed by atoms with Gasteiger partial charge in [-0.25, -0.2) is 21.9 Å². The molecule has 0 amide bonds. The minimum absolute atomic E-state index is 0. The van der Waals surface area contributed by atoms with Crippen molar-refractivity contribution < 1.29 is 21.9 Å². The zero-order valence-corrected chi connectivity index (χ0v) is 15.9. The zero-order valence-electron chi connectivity index (χ0n) is 12.7. The molecule has 0 aromatic heterocycles. The Bertz CT molecular complexity index is 682. The van der Waals surface area contributed by atoms with Gasteiger partial charge in [-0.1, -0.05) is 0 Å². The van der Waals surface area contributed by atoms with Gasteiger partial charge in [-0.05, 0) is 12.1 Å². The van der Waals surface area contributed by atoms with Crippen LogP contribution in [0.25, 0.3) is 0 Å². The van der Waals surface area contributed by atoms with Crippen LogP contribution in [-0.4, -0.2) is 58.7 Å². The standard InChI is InChI=1S/C13H18F2N4O3S.HI/c14-10-1-2-12(11(15)9-10)23(20,21)18-4-3-17-13(16)19-5-7-22-8-6-19;/h1-2,9,18H,3-8H2,(H2,16,17);1H. The fourth-order valence-corrected chi connectivity index (χ4v) is 3.09. The second kappa shape index (κ2) is 9.44. The summed E-state index contributed by atoms with van der Waals surface area (Å²) in [4.78, 5) is 5.29. The SMILES string of the molecule is I.NC(=NCCNS(=O)(=O)c1ccc(F)cc1F)N1CCOCC1. The average molecular weight is 476 g/mol. The van der Waals surface area contributed by atoms with E-state index in [9.17, 15) is 17.2 Å². The molecule has 3 N–H and O–H groups in total. The van der Waals surface area contributed by atoms with Crippen molar-refractivity contribution in [3.05, 3.63) is 29.8 Å². The summed E-state index contributed by atoms with van der Waals surface area (Å²) in [5.41, 5.74) is 5.79. The van der Waals surface area contributed by atoms with E-state index in [1.807, 2.05) is 4.90 Å². The molecule has 1 aromatic rings. The van der Waals surface area contributed by atoms with Crippen molar-refractivity contribution in [1.29, 1.82) is 0 Å². The van der Waals surface area contributed by atoms with Gasteiger partial charge in [-0.3, -0.25) is 4.99 Å². The molecule has 0 unspecified atom stereocenters. The quantitative estimate of drug-likeness (QED) is 0.280. The molecule has 0 aliphatic carbocycles. The van der Waals surface area contributed by atoms with Gasteiger partial charge >= 0.3 is 0 Å². The van der Waals surface area contributed by atoms with Gasteiger partial charge in [0.25, 0.3) is 0 Å². The number of guanidine groups is 1. The molecule has 0 bridgehead atoms. The van der Waals surface area contributed by atoms with Gasteiger partial charge in [-0.2, -0.15) is 0 Å². The van der Waals surface area contributed by atoms with Crippen molar-refractivity contribution in [2.45, 2.75) is 4.90 Å². The molecule has 0 radical (unpaired) electrons. The summed E-state index contributed by atoms with van der Waals surface area (Å²) in [5, 5.41) is 0. The molecule has 0 atom stereocenters. The van der Waals surface area contributed by atoms with E-state index >= 15 is 0 Å². The molecule has 7 nitrogen and oxygen atoms in total.